The highest BCUT2D eigenvalue weighted by atomic mass is 16.5. The van der Waals surface area contributed by atoms with Crippen LogP contribution in [-0.2, 0) is 18.4 Å². The zero-order valence-electron chi connectivity index (χ0n) is 11.8. The average Bonchev–Trinajstić information content (AvgIpc) is 2.70. The third-order valence-electron chi connectivity index (χ3n) is 3.07. The van der Waals surface area contributed by atoms with Crippen molar-refractivity contribution in [1.29, 1.82) is 0 Å². The van der Waals surface area contributed by atoms with Crippen LogP contribution < -0.4 is 11.5 Å². The molecule has 1 amide bonds. The Balaban J connectivity index is 2.05. The lowest BCUT2D eigenvalue weighted by Gasteiger charge is -2.06. The van der Waals surface area contributed by atoms with Gasteiger partial charge in [-0.2, -0.15) is 5.10 Å². The number of rotatable bonds is 4. The van der Waals surface area contributed by atoms with Gasteiger partial charge in [-0.05, 0) is 24.6 Å². The summed E-state index contributed by atoms with van der Waals surface area (Å²) in [7, 11) is 1.63. The van der Waals surface area contributed by atoms with E-state index in [2.05, 4.69) is 5.10 Å². The van der Waals surface area contributed by atoms with Crippen molar-refractivity contribution in [3.8, 4) is 0 Å². The first kappa shape index (κ1) is 14.6. The van der Waals surface area contributed by atoms with Gasteiger partial charge in [0.2, 0.25) is 5.91 Å². The Morgan fingerprint density at radius 2 is 1.90 bits per heavy atom. The number of amides is 1. The van der Waals surface area contributed by atoms with E-state index in [1.807, 2.05) is 0 Å². The minimum atomic E-state index is -0.547. The second-order valence-electron chi connectivity index (χ2n) is 4.61. The molecule has 0 spiro atoms. The van der Waals surface area contributed by atoms with E-state index in [-0.39, 0.29) is 12.3 Å². The molecule has 0 atom stereocenters. The van der Waals surface area contributed by atoms with Crippen molar-refractivity contribution < 1.29 is 14.3 Å². The maximum atomic E-state index is 12.0. The summed E-state index contributed by atoms with van der Waals surface area (Å²) in [5, 5.41) is 4.06. The number of nitrogens with zero attached hydrogens (tertiary/aromatic N) is 2. The van der Waals surface area contributed by atoms with Gasteiger partial charge in [0.15, 0.2) is 5.69 Å². The number of anilines is 1. The third-order valence-corrected chi connectivity index (χ3v) is 3.07. The molecule has 0 unspecified atom stereocenters. The lowest BCUT2D eigenvalue weighted by molar-refractivity contribution is 0.0461. The number of aryl methyl sites for hydroxylation is 2. The first-order chi connectivity index (χ1) is 9.90. The Bertz CT molecular complexity index is 689. The monoisotopic (exact) mass is 288 g/mol. The van der Waals surface area contributed by atoms with Crippen LogP contribution in [0.4, 0.5) is 5.69 Å². The molecule has 0 bridgehead atoms. The highest BCUT2D eigenvalue weighted by Gasteiger charge is 2.19. The Labute approximate surface area is 121 Å². The molecule has 0 saturated heterocycles. The number of nitrogens with two attached hydrogens (primary N) is 2. The van der Waals surface area contributed by atoms with Gasteiger partial charge in [-0.25, -0.2) is 4.79 Å². The highest BCUT2D eigenvalue weighted by Crippen LogP contribution is 2.17. The molecule has 0 aliphatic heterocycles. The van der Waals surface area contributed by atoms with Crippen molar-refractivity contribution >= 4 is 17.6 Å². The van der Waals surface area contributed by atoms with E-state index in [4.69, 9.17) is 16.2 Å². The largest absolute Gasteiger partial charge is 0.456 e. The van der Waals surface area contributed by atoms with Gasteiger partial charge in [-0.1, -0.05) is 12.1 Å². The van der Waals surface area contributed by atoms with Crippen molar-refractivity contribution in [3.05, 3.63) is 46.8 Å². The van der Waals surface area contributed by atoms with Crippen LogP contribution in [0.1, 0.15) is 32.1 Å². The van der Waals surface area contributed by atoms with E-state index in [0.29, 0.717) is 16.9 Å². The molecule has 4 N–H and O–H groups in total. The molecule has 0 saturated carbocycles. The maximum Gasteiger partial charge on any atom is 0.359 e. The molecule has 110 valence electrons. The first-order valence-electron chi connectivity index (χ1n) is 6.25. The molecular formula is C14H16N4O3. The normalized spacial score (nSPS) is 10.4. The lowest BCUT2D eigenvalue weighted by Crippen LogP contribution is -2.13. The van der Waals surface area contributed by atoms with Gasteiger partial charge < -0.3 is 16.2 Å². The van der Waals surface area contributed by atoms with Gasteiger partial charge >= 0.3 is 5.97 Å². The summed E-state index contributed by atoms with van der Waals surface area (Å²) in [4.78, 5) is 23.0. The molecule has 1 aromatic carbocycles. The fourth-order valence-electron chi connectivity index (χ4n) is 1.90. The van der Waals surface area contributed by atoms with Crippen LogP contribution in [0.3, 0.4) is 0 Å². The quantitative estimate of drug-likeness (QED) is 0.806. The SMILES string of the molecule is Cc1nn(C)c(C(=O)OCc2ccc(C(N)=O)cc2)c1N. The minimum Gasteiger partial charge on any atom is -0.456 e. The summed E-state index contributed by atoms with van der Waals surface area (Å²) < 4.78 is 6.59. The van der Waals surface area contributed by atoms with Crippen LogP contribution in [0.25, 0.3) is 0 Å². The zero-order chi connectivity index (χ0) is 15.6. The Morgan fingerprint density at radius 1 is 1.29 bits per heavy atom. The number of hydrogen-bond donors (Lipinski definition) is 2. The number of benzene rings is 1. The van der Waals surface area contributed by atoms with Crippen LogP contribution >= 0.6 is 0 Å². The first-order valence-corrected chi connectivity index (χ1v) is 6.25. The Kier molecular flexibility index (Phi) is 3.93. The molecule has 0 fully saturated rings. The van der Waals surface area contributed by atoms with E-state index in [9.17, 15) is 9.59 Å². The predicted octanol–water partition coefficient (Wildman–Crippen LogP) is 0.767. The summed E-state index contributed by atoms with van der Waals surface area (Å²) in [5.41, 5.74) is 13.2. The average molecular weight is 288 g/mol. The number of carbonyl (C=O) groups is 2. The van der Waals surface area contributed by atoms with Crippen LogP contribution in [-0.4, -0.2) is 21.7 Å². The van der Waals surface area contributed by atoms with Crippen molar-refractivity contribution in [1.82, 2.24) is 9.78 Å². The molecule has 0 aliphatic rings. The molecule has 21 heavy (non-hydrogen) atoms. The molecule has 1 aromatic heterocycles. The van der Waals surface area contributed by atoms with E-state index >= 15 is 0 Å². The number of aromatic nitrogens is 2. The summed E-state index contributed by atoms with van der Waals surface area (Å²) in [6.07, 6.45) is 0. The molecule has 0 aliphatic carbocycles. The van der Waals surface area contributed by atoms with Gasteiger partial charge in [0.1, 0.15) is 6.61 Å². The van der Waals surface area contributed by atoms with Crippen molar-refractivity contribution in [2.24, 2.45) is 12.8 Å². The fourth-order valence-corrected chi connectivity index (χ4v) is 1.90. The summed E-state index contributed by atoms with van der Waals surface area (Å²) in [5.74, 6) is -1.05. The van der Waals surface area contributed by atoms with Gasteiger partial charge in [0.25, 0.3) is 0 Å². The number of primary amides is 1. The Hall–Kier alpha value is -2.83. The molecular weight excluding hydrogens is 272 g/mol. The lowest BCUT2D eigenvalue weighted by atomic mass is 10.1. The molecule has 0 radical (unpaired) electrons. The standard InChI is InChI=1S/C14H16N4O3/c1-8-11(15)12(18(2)17-8)14(20)21-7-9-3-5-10(6-4-9)13(16)19/h3-6H,7,15H2,1-2H3,(H2,16,19). The molecule has 2 aromatic rings. The van der Waals surface area contributed by atoms with Crippen molar-refractivity contribution in [2.75, 3.05) is 5.73 Å². The van der Waals surface area contributed by atoms with Crippen molar-refractivity contribution in [2.45, 2.75) is 13.5 Å². The zero-order valence-corrected chi connectivity index (χ0v) is 11.8. The second kappa shape index (κ2) is 5.66. The van der Waals surface area contributed by atoms with Gasteiger partial charge in [0.05, 0.1) is 11.4 Å². The molecule has 1 heterocycles. The number of esters is 1. The molecule has 2 rings (SSSR count). The van der Waals surface area contributed by atoms with Crippen LogP contribution in [0.5, 0.6) is 0 Å². The topological polar surface area (TPSA) is 113 Å². The summed E-state index contributed by atoms with van der Waals surface area (Å²) in [6, 6.07) is 6.50. The number of nitrogen functional groups attached to an aromatic ring is 1. The van der Waals surface area contributed by atoms with Gasteiger partial charge in [-0.3, -0.25) is 9.48 Å². The minimum absolute atomic E-state index is 0.0710. The van der Waals surface area contributed by atoms with E-state index in [1.165, 1.54) is 4.68 Å². The smallest absolute Gasteiger partial charge is 0.359 e. The molecule has 7 nitrogen and oxygen atoms in total. The molecule has 7 heteroatoms. The fraction of sp³-hybridized carbons (Fsp3) is 0.214. The van der Waals surface area contributed by atoms with Crippen LogP contribution in [0.2, 0.25) is 0 Å². The number of hydrogen-bond acceptors (Lipinski definition) is 5. The summed E-state index contributed by atoms with van der Waals surface area (Å²) >= 11 is 0. The van der Waals surface area contributed by atoms with Crippen LogP contribution in [0, 0.1) is 6.92 Å². The van der Waals surface area contributed by atoms with E-state index in [0.717, 1.165) is 5.56 Å². The third kappa shape index (κ3) is 3.02. The van der Waals surface area contributed by atoms with Crippen LogP contribution in [0.15, 0.2) is 24.3 Å². The van der Waals surface area contributed by atoms with Gasteiger partial charge in [0, 0.05) is 12.6 Å². The number of ether oxygens (including phenoxy) is 1. The summed E-state index contributed by atoms with van der Waals surface area (Å²) in [6.45, 7) is 1.79. The predicted molar refractivity (Wildman–Crippen MR) is 76.4 cm³/mol. The van der Waals surface area contributed by atoms with E-state index < -0.39 is 11.9 Å². The van der Waals surface area contributed by atoms with Gasteiger partial charge in [-0.15, -0.1) is 0 Å². The second-order valence-corrected chi connectivity index (χ2v) is 4.61. The maximum absolute atomic E-state index is 12.0. The number of carbonyl (C=O) groups excluding carboxylic acids is 2. The highest BCUT2D eigenvalue weighted by molar-refractivity contribution is 5.94. The van der Waals surface area contributed by atoms with E-state index in [1.54, 1.807) is 38.2 Å². The Morgan fingerprint density at radius 3 is 2.38 bits per heavy atom. The van der Waals surface area contributed by atoms with Crippen molar-refractivity contribution in [3.63, 3.8) is 0 Å².